The molecule has 0 spiro atoms. The molecule has 86 valence electrons. The first kappa shape index (κ1) is 9.54. The molecule has 0 saturated heterocycles. The van der Waals surface area contributed by atoms with Gasteiger partial charge in [-0.05, 0) is 35.0 Å². The summed E-state index contributed by atoms with van der Waals surface area (Å²) in [4.78, 5) is 3.43. The van der Waals surface area contributed by atoms with Gasteiger partial charge in [0.05, 0.1) is 0 Å². The number of hydrogen-bond acceptors (Lipinski definition) is 1. The summed E-state index contributed by atoms with van der Waals surface area (Å²) in [6.45, 7) is 0. The van der Waals surface area contributed by atoms with Crippen molar-refractivity contribution < 1.29 is 0 Å². The molecule has 0 atom stereocenters. The Balaban J connectivity index is 2.29. The first-order chi connectivity index (χ1) is 8.83. The fourth-order valence-corrected chi connectivity index (χ4v) is 2.67. The fourth-order valence-electron chi connectivity index (χ4n) is 2.67. The molecule has 18 heavy (non-hydrogen) atoms. The molecular formula is C16H12N2. The third-order valence-corrected chi connectivity index (χ3v) is 3.52. The molecule has 0 aliphatic carbocycles. The molecule has 3 aromatic carbocycles. The highest BCUT2D eigenvalue weighted by atomic mass is 14.7. The van der Waals surface area contributed by atoms with Gasteiger partial charge >= 0.3 is 0 Å². The van der Waals surface area contributed by atoms with E-state index in [9.17, 15) is 0 Å². The summed E-state index contributed by atoms with van der Waals surface area (Å²) in [7, 11) is 0. The van der Waals surface area contributed by atoms with Crippen molar-refractivity contribution in [2.24, 2.45) is 0 Å². The largest absolute Gasteiger partial charge is 0.398 e. The van der Waals surface area contributed by atoms with Gasteiger partial charge in [0.15, 0.2) is 0 Å². The number of rotatable bonds is 0. The van der Waals surface area contributed by atoms with E-state index in [1.165, 1.54) is 16.2 Å². The Labute approximate surface area is 104 Å². The number of aromatic amines is 1. The zero-order valence-electron chi connectivity index (χ0n) is 9.77. The molecule has 0 aliphatic rings. The maximum absolute atomic E-state index is 6.09. The molecular weight excluding hydrogens is 220 g/mol. The molecule has 0 unspecified atom stereocenters. The van der Waals surface area contributed by atoms with Gasteiger partial charge in [-0.2, -0.15) is 0 Å². The predicted octanol–water partition coefficient (Wildman–Crippen LogP) is 4.06. The zero-order valence-corrected chi connectivity index (χ0v) is 9.77. The molecule has 2 heteroatoms. The second-order valence-corrected chi connectivity index (χ2v) is 4.64. The lowest BCUT2D eigenvalue weighted by molar-refractivity contribution is 1.55. The maximum atomic E-state index is 6.09. The number of H-pyrrole nitrogens is 1. The molecule has 0 bridgehead atoms. The molecule has 0 amide bonds. The quantitative estimate of drug-likeness (QED) is 0.441. The van der Waals surface area contributed by atoms with Gasteiger partial charge in [0.1, 0.15) is 0 Å². The van der Waals surface area contributed by atoms with Crippen LogP contribution in [-0.4, -0.2) is 4.98 Å². The summed E-state index contributed by atoms with van der Waals surface area (Å²) in [6, 6.07) is 18.8. The number of nitrogens with two attached hydrogens (primary N) is 1. The van der Waals surface area contributed by atoms with Crippen LogP contribution in [0.1, 0.15) is 0 Å². The molecule has 4 rings (SSSR count). The number of aromatic nitrogens is 1. The number of benzene rings is 3. The number of fused-ring (bicyclic) bond motifs is 4. The molecule has 1 heterocycles. The number of hydrogen-bond donors (Lipinski definition) is 2. The topological polar surface area (TPSA) is 41.8 Å². The Kier molecular flexibility index (Phi) is 1.73. The highest BCUT2D eigenvalue weighted by molar-refractivity contribution is 6.16. The lowest BCUT2D eigenvalue weighted by Gasteiger charge is -1.99. The Morgan fingerprint density at radius 2 is 1.56 bits per heavy atom. The number of nitrogen functional groups attached to an aromatic ring is 1. The Bertz CT molecular complexity index is 887. The standard InChI is InChI=1S/C16H12N2/c17-13-6-3-7-14-16(13)12-8-10-4-1-2-5-11(10)9-15(12)18-14/h1-9,18H,17H2. The monoisotopic (exact) mass is 232 g/mol. The van der Waals surface area contributed by atoms with E-state index in [-0.39, 0.29) is 0 Å². The lowest BCUT2D eigenvalue weighted by atomic mass is 10.1. The summed E-state index contributed by atoms with van der Waals surface area (Å²) >= 11 is 0. The van der Waals surface area contributed by atoms with Crippen LogP contribution in [0, 0.1) is 0 Å². The first-order valence-corrected chi connectivity index (χ1v) is 6.01. The summed E-state index contributed by atoms with van der Waals surface area (Å²) in [5.74, 6) is 0. The summed E-state index contributed by atoms with van der Waals surface area (Å²) in [5, 5.41) is 4.81. The fraction of sp³-hybridized carbons (Fsp3) is 0. The van der Waals surface area contributed by atoms with Crippen LogP contribution in [0.4, 0.5) is 5.69 Å². The van der Waals surface area contributed by atoms with E-state index in [1.807, 2.05) is 12.1 Å². The average molecular weight is 232 g/mol. The van der Waals surface area contributed by atoms with E-state index < -0.39 is 0 Å². The third-order valence-electron chi connectivity index (χ3n) is 3.52. The molecule has 3 N–H and O–H groups in total. The van der Waals surface area contributed by atoms with E-state index in [1.54, 1.807) is 0 Å². The van der Waals surface area contributed by atoms with Crippen LogP contribution >= 0.6 is 0 Å². The molecule has 0 fully saturated rings. The van der Waals surface area contributed by atoms with Gasteiger partial charge in [-0.3, -0.25) is 0 Å². The summed E-state index contributed by atoms with van der Waals surface area (Å²) in [5.41, 5.74) is 9.16. The van der Waals surface area contributed by atoms with Crippen LogP contribution in [0.2, 0.25) is 0 Å². The van der Waals surface area contributed by atoms with Crippen molar-refractivity contribution in [2.45, 2.75) is 0 Å². The van der Waals surface area contributed by atoms with Crippen molar-refractivity contribution in [2.75, 3.05) is 5.73 Å². The predicted molar refractivity (Wildman–Crippen MR) is 77.7 cm³/mol. The lowest BCUT2D eigenvalue weighted by Crippen LogP contribution is -1.84. The minimum Gasteiger partial charge on any atom is -0.398 e. The smallest absolute Gasteiger partial charge is 0.0485 e. The van der Waals surface area contributed by atoms with Gasteiger partial charge < -0.3 is 10.7 Å². The van der Waals surface area contributed by atoms with Crippen molar-refractivity contribution in [1.82, 2.24) is 4.98 Å². The van der Waals surface area contributed by atoms with Gasteiger partial charge in [0.25, 0.3) is 0 Å². The first-order valence-electron chi connectivity index (χ1n) is 6.01. The highest BCUT2D eigenvalue weighted by Gasteiger charge is 2.07. The maximum Gasteiger partial charge on any atom is 0.0485 e. The van der Waals surface area contributed by atoms with E-state index in [4.69, 9.17) is 5.73 Å². The molecule has 0 radical (unpaired) electrons. The molecule has 0 aliphatic heterocycles. The minimum atomic E-state index is 0.828. The summed E-state index contributed by atoms with van der Waals surface area (Å²) < 4.78 is 0. The van der Waals surface area contributed by atoms with E-state index in [0.29, 0.717) is 0 Å². The third kappa shape index (κ3) is 1.17. The summed E-state index contributed by atoms with van der Waals surface area (Å²) in [6.07, 6.45) is 0. The van der Waals surface area contributed by atoms with Crippen molar-refractivity contribution in [3.63, 3.8) is 0 Å². The molecule has 0 saturated carbocycles. The Morgan fingerprint density at radius 1 is 0.778 bits per heavy atom. The molecule has 1 aromatic heterocycles. The van der Waals surface area contributed by atoms with Crippen LogP contribution in [-0.2, 0) is 0 Å². The normalized spacial score (nSPS) is 11.6. The van der Waals surface area contributed by atoms with E-state index in [0.717, 1.165) is 22.1 Å². The number of anilines is 1. The van der Waals surface area contributed by atoms with E-state index in [2.05, 4.69) is 47.4 Å². The zero-order chi connectivity index (χ0) is 12.1. The minimum absolute atomic E-state index is 0.828. The van der Waals surface area contributed by atoms with Crippen molar-refractivity contribution in [3.05, 3.63) is 54.6 Å². The Hall–Kier alpha value is -2.48. The van der Waals surface area contributed by atoms with E-state index >= 15 is 0 Å². The molecule has 2 nitrogen and oxygen atoms in total. The van der Waals surface area contributed by atoms with Crippen molar-refractivity contribution in [3.8, 4) is 0 Å². The van der Waals surface area contributed by atoms with Crippen LogP contribution < -0.4 is 5.73 Å². The van der Waals surface area contributed by atoms with Gasteiger partial charge in [-0.1, -0.05) is 30.3 Å². The van der Waals surface area contributed by atoms with Crippen LogP contribution in [0.15, 0.2) is 54.6 Å². The van der Waals surface area contributed by atoms with Crippen molar-refractivity contribution >= 4 is 38.3 Å². The van der Waals surface area contributed by atoms with Crippen molar-refractivity contribution in [1.29, 1.82) is 0 Å². The average Bonchev–Trinajstić information content (AvgIpc) is 2.74. The van der Waals surface area contributed by atoms with Crippen LogP contribution in [0.3, 0.4) is 0 Å². The SMILES string of the molecule is Nc1cccc2[nH]c3cc4ccccc4cc3c12. The van der Waals surface area contributed by atoms with Gasteiger partial charge in [-0.25, -0.2) is 0 Å². The van der Waals surface area contributed by atoms with Gasteiger partial charge in [-0.15, -0.1) is 0 Å². The van der Waals surface area contributed by atoms with Crippen LogP contribution in [0.5, 0.6) is 0 Å². The highest BCUT2D eigenvalue weighted by Crippen LogP contribution is 2.32. The number of nitrogens with one attached hydrogen (secondary N) is 1. The van der Waals surface area contributed by atoms with Crippen LogP contribution in [0.25, 0.3) is 32.6 Å². The van der Waals surface area contributed by atoms with Gasteiger partial charge in [0.2, 0.25) is 0 Å². The Morgan fingerprint density at radius 3 is 2.39 bits per heavy atom. The molecule has 4 aromatic rings. The second-order valence-electron chi connectivity index (χ2n) is 4.64. The van der Waals surface area contributed by atoms with Gasteiger partial charge in [0, 0.05) is 27.5 Å². The second kappa shape index (κ2) is 3.26.